The number of nitrogens with zero attached hydrogens (tertiary/aromatic N) is 1. The molecule has 1 amide bonds. The van der Waals surface area contributed by atoms with Crippen molar-refractivity contribution in [1.82, 2.24) is 4.98 Å². The van der Waals surface area contributed by atoms with Crippen LogP contribution in [0.25, 0.3) is 10.8 Å². The van der Waals surface area contributed by atoms with E-state index in [-0.39, 0.29) is 5.69 Å². The van der Waals surface area contributed by atoms with Crippen LogP contribution in [-0.4, -0.2) is 10.9 Å². The van der Waals surface area contributed by atoms with E-state index in [1.165, 1.54) is 18.2 Å². The van der Waals surface area contributed by atoms with E-state index in [0.717, 1.165) is 15.2 Å². The number of aromatic nitrogens is 1. The first-order valence-electron chi connectivity index (χ1n) is 6.26. The molecule has 1 N–H and O–H groups in total. The zero-order valence-electron chi connectivity index (χ0n) is 10.8. The number of fused-ring (bicyclic) bond motifs is 1. The molecule has 0 fully saturated rings. The van der Waals surface area contributed by atoms with Crippen molar-refractivity contribution < 1.29 is 9.18 Å². The molecule has 0 saturated carbocycles. The monoisotopic (exact) mass is 344 g/mol. The Morgan fingerprint density at radius 3 is 2.52 bits per heavy atom. The van der Waals surface area contributed by atoms with Crippen LogP contribution in [0.3, 0.4) is 0 Å². The highest BCUT2D eigenvalue weighted by molar-refractivity contribution is 9.10. The molecule has 0 aliphatic carbocycles. The average molecular weight is 345 g/mol. The van der Waals surface area contributed by atoms with Gasteiger partial charge in [-0.2, -0.15) is 4.39 Å². The topological polar surface area (TPSA) is 42.0 Å². The molecule has 21 heavy (non-hydrogen) atoms. The van der Waals surface area contributed by atoms with Gasteiger partial charge in [-0.3, -0.25) is 4.79 Å². The van der Waals surface area contributed by atoms with Gasteiger partial charge in [0, 0.05) is 15.5 Å². The fourth-order valence-corrected chi connectivity index (χ4v) is 2.57. The average Bonchev–Trinajstić information content (AvgIpc) is 2.50. The molecule has 0 saturated heterocycles. The van der Waals surface area contributed by atoms with Crippen molar-refractivity contribution in [1.29, 1.82) is 0 Å². The molecule has 0 unspecified atom stereocenters. The SMILES string of the molecule is O=C(Nc1ccc(Br)c2ccccc12)c1cccc(F)n1. The summed E-state index contributed by atoms with van der Waals surface area (Å²) < 4.78 is 14.0. The van der Waals surface area contributed by atoms with Crippen molar-refractivity contribution in [3.63, 3.8) is 0 Å². The molecule has 104 valence electrons. The lowest BCUT2D eigenvalue weighted by atomic mass is 10.1. The van der Waals surface area contributed by atoms with Crippen LogP contribution in [0.5, 0.6) is 0 Å². The minimum Gasteiger partial charge on any atom is -0.320 e. The molecule has 2 aromatic carbocycles. The lowest BCUT2D eigenvalue weighted by Gasteiger charge is -2.09. The number of rotatable bonds is 2. The van der Waals surface area contributed by atoms with E-state index in [1.807, 2.05) is 30.3 Å². The number of carbonyl (C=O) groups is 1. The maximum atomic E-state index is 13.1. The van der Waals surface area contributed by atoms with E-state index in [4.69, 9.17) is 0 Å². The summed E-state index contributed by atoms with van der Waals surface area (Å²) in [6, 6.07) is 15.5. The van der Waals surface area contributed by atoms with Crippen molar-refractivity contribution >= 4 is 38.3 Å². The Hall–Kier alpha value is -2.27. The Labute approximate surface area is 128 Å². The molecule has 3 aromatic rings. The number of hydrogen-bond acceptors (Lipinski definition) is 2. The summed E-state index contributed by atoms with van der Waals surface area (Å²) in [5.74, 6) is -1.12. The minimum atomic E-state index is -0.677. The van der Waals surface area contributed by atoms with Crippen LogP contribution in [0.1, 0.15) is 10.5 Å². The van der Waals surface area contributed by atoms with Crippen molar-refractivity contribution in [2.45, 2.75) is 0 Å². The van der Waals surface area contributed by atoms with E-state index < -0.39 is 11.9 Å². The second kappa shape index (κ2) is 5.61. The lowest BCUT2D eigenvalue weighted by molar-refractivity contribution is 0.102. The molecule has 0 atom stereocenters. The van der Waals surface area contributed by atoms with E-state index in [0.29, 0.717) is 5.69 Å². The van der Waals surface area contributed by atoms with Crippen LogP contribution < -0.4 is 5.32 Å². The van der Waals surface area contributed by atoms with Gasteiger partial charge in [0.2, 0.25) is 5.95 Å². The van der Waals surface area contributed by atoms with Crippen molar-refractivity contribution in [2.75, 3.05) is 5.32 Å². The molecule has 0 aliphatic heterocycles. The number of benzene rings is 2. The molecule has 0 spiro atoms. The van der Waals surface area contributed by atoms with E-state index >= 15 is 0 Å². The normalized spacial score (nSPS) is 10.6. The highest BCUT2D eigenvalue weighted by atomic mass is 79.9. The minimum absolute atomic E-state index is 0.0435. The first-order chi connectivity index (χ1) is 10.1. The molecule has 0 radical (unpaired) electrons. The number of amides is 1. The Morgan fingerprint density at radius 1 is 1.00 bits per heavy atom. The van der Waals surface area contributed by atoms with Gasteiger partial charge >= 0.3 is 0 Å². The number of hydrogen-bond donors (Lipinski definition) is 1. The van der Waals surface area contributed by atoms with E-state index in [9.17, 15) is 9.18 Å². The van der Waals surface area contributed by atoms with Crippen molar-refractivity contribution in [2.24, 2.45) is 0 Å². The van der Waals surface area contributed by atoms with Gasteiger partial charge in [-0.25, -0.2) is 4.98 Å². The predicted octanol–water partition coefficient (Wildman–Crippen LogP) is 4.39. The van der Waals surface area contributed by atoms with Gasteiger partial charge in [-0.15, -0.1) is 0 Å². The zero-order valence-corrected chi connectivity index (χ0v) is 12.4. The standard InChI is InChI=1S/C16H10BrFN2O/c17-12-8-9-13(11-5-2-1-4-10(11)12)20-16(21)14-6-3-7-15(18)19-14/h1-9H,(H,20,21). The van der Waals surface area contributed by atoms with E-state index in [2.05, 4.69) is 26.2 Å². The third-order valence-corrected chi connectivity index (χ3v) is 3.76. The Kier molecular flexibility index (Phi) is 3.66. The quantitative estimate of drug-likeness (QED) is 0.700. The summed E-state index contributed by atoms with van der Waals surface area (Å²) in [4.78, 5) is 15.7. The number of pyridine rings is 1. The van der Waals surface area contributed by atoms with E-state index in [1.54, 1.807) is 6.07 Å². The van der Waals surface area contributed by atoms with Crippen LogP contribution in [-0.2, 0) is 0 Å². The second-order valence-corrected chi connectivity index (χ2v) is 5.29. The molecule has 3 rings (SSSR count). The van der Waals surface area contributed by atoms with Crippen LogP contribution in [0, 0.1) is 5.95 Å². The highest BCUT2D eigenvalue weighted by Crippen LogP contribution is 2.30. The highest BCUT2D eigenvalue weighted by Gasteiger charge is 2.11. The fourth-order valence-electron chi connectivity index (χ4n) is 2.09. The summed E-state index contributed by atoms with van der Waals surface area (Å²) in [7, 11) is 0. The third-order valence-electron chi connectivity index (χ3n) is 3.07. The third kappa shape index (κ3) is 2.78. The van der Waals surface area contributed by atoms with Gasteiger partial charge in [-0.05, 0) is 29.7 Å². The molecule has 1 heterocycles. The van der Waals surface area contributed by atoms with Crippen LogP contribution in [0.2, 0.25) is 0 Å². The van der Waals surface area contributed by atoms with Crippen LogP contribution in [0.4, 0.5) is 10.1 Å². The molecule has 0 aliphatic rings. The van der Waals surface area contributed by atoms with Crippen LogP contribution >= 0.6 is 15.9 Å². The Bertz CT molecular complexity index is 835. The van der Waals surface area contributed by atoms with Gasteiger partial charge in [0.25, 0.3) is 5.91 Å². The van der Waals surface area contributed by atoms with Crippen molar-refractivity contribution in [3.8, 4) is 0 Å². The Morgan fingerprint density at radius 2 is 1.76 bits per heavy atom. The largest absolute Gasteiger partial charge is 0.320 e. The summed E-state index contributed by atoms with van der Waals surface area (Å²) in [6.45, 7) is 0. The van der Waals surface area contributed by atoms with Gasteiger partial charge in [0.15, 0.2) is 0 Å². The summed E-state index contributed by atoms with van der Waals surface area (Å²) in [6.07, 6.45) is 0. The number of nitrogens with one attached hydrogen (secondary N) is 1. The zero-order chi connectivity index (χ0) is 14.8. The molecular weight excluding hydrogens is 335 g/mol. The molecule has 5 heteroatoms. The number of carbonyl (C=O) groups excluding carboxylic acids is 1. The summed E-state index contributed by atoms with van der Waals surface area (Å²) in [5.41, 5.74) is 0.701. The lowest BCUT2D eigenvalue weighted by Crippen LogP contribution is -2.14. The van der Waals surface area contributed by atoms with Crippen LogP contribution in [0.15, 0.2) is 59.1 Å². The molecule has 3 nitrogen and oxygen atoms in total. The maximum absolute atomic E-state index is 13.1. The van der Waals surface area contributed by atoms with Gasteiger partial charge in [0.1, 0.15) is 5.69 Å². The maximum Gasteiger partial charge on any atom is 0.274 e. The fraction of sp³-hybridized carbons (Fsp3) is 0. The number of halogens is 2. The first kappa shape index (κ1) is 13.7. The summed E-state index contributed by atoms with van der Waals surface area (Å²) >= 11 is 3.48. The molecule has 0 bridgehead atoms. The smallest absolute Gasteiger partial charge is 0.274 e. The predicted molar refractivity (Wildman–Crippen MR) is 83.8 cm³/mol. The molecule has 1 aromatic heterocycles. The number of anilines is 1. The van der Waals surface area contributed by atoms with Crippen molar-refractivity contribution in [3.05, 3.63) is 70.7 Å². The molecular formula is C16H10BrFN2O. The van der Waals surface area contributed by atoms with Gasteiger partial charge in [-0.1, -0.05) is 46.3 Å². The Balaban J connectivity index is 1.99. The summed E-state index contributed by atoms with van der Waals surface area (Å²) in [5, 5.41) is 4.65. The van der Waals surface area contributed by atoms with Gasteiger partial charge in [0.05, 0.1) is 0 Å². The first-order valence-corrected chi connectivity index (χ1v) is 7.05. The second-order valence-electron chi connectivity index (χ2n) is 4.44. The van der Waals surface area contributed by atoms with Gasteiger partial charge < -0.3 is 5.32 Å².